The van der Waals surface area contributed by atoms with Crippen molar-refractivity contribution in [3.63, 3.8) is 0 Å². The minimum atomic E-state index is -1.10. The first-order chi connectivity index (χ1) is 12.5. The largest absolute Gasteiger partial charge is 0.480 e. The van der Waals surface area contributed by atoms with Gasteiger partial charge in [-0.05, 0) is 29.3 Å². The van der Waals surface area contributed by atoms with Gasteiger partial charge in [0.2, 0.25) is 5.91 Å². The summed E-state index contributed by atoms with van der Waals surface area (Å²) in [6.45, 7) is 0. The number of para-hydroxylation sites is 1. The second-order valence-electron chi connectivity index (χ2n) is 5.90. The third-order valence-electron chi connectivity index (χ3n) is 4.13. The van der Waals surface area contributed by atoms with Crippen LogP contribution in [-0.4, -0.2) is 28.0 Å². The van der Waals surface area contributed by atoms with E-state index in [0.717, 1.165) is 16.5 Å². The summed E-state index contributed by atoms with van der Waals surface area (Å²) in [6, 6.07) is 11.5. The highest BCUT2D eigenvalue weighted by atomic mass is 35.5. The van der Waals surface area contributed by atoms with Crippen LogP contribution < -0.4 is 5.32 Å². The van der Waals surface area contributed by atoms with Gasteiger partial charge in [-0.1, -0.05) is 47.5 Å². The second-order valence-corrected chi connectivity index (χ2v) is 6.71. The summed E-state index contributed by atoms with van der Waals surface area (Å²) in [7, 11) is 0. The van der Waals surface area contributed by atoms with E-state index in [-0.39, 0.29) is 12.8 Å². The van der Waals surface area contributed by atoms with Gasteiger partial charge in [-0.25, -0.2) is 4.79 Å². The molecule has 1 amide bonds. The number of hydrogen-bond acceptors (Lipinski definition) is 2. The van der Waals surface area contributed by atoms with Crippen LogP contribution in [0.15, 0.2) is 48.7 Å². The number of H-pyrrole nitrogens is 1. The number of aromatic amines is 1. The molecule has 0 bridgehead atoms. The van der Waals surface area contributed by atoms with Gasteiger partial charge in [0.25, 0.3) is 0 Å². The van der Waals surface area contributed by atoms with Crippen molar-refractivity contribution in [1.29, 1.82) is 0 Å². The molecule has 5 nitrogen and oxygen atoms in total. The molecule has 1 unspecified atom stereocenters. The van der Waals surface area contributed by atoms with E-state index in [4.69, 9.17) is 23.2 Å². The van der Waals surface area contributed by atoms with Crippen molar-refractivity contribution < 1.29 is 14.7 Å². The van der Waals surface area contributed by atoms with Crippen LogP contribution >= 0.6 is 23.2 Å². The lowest BCUT2D eigenvalue weighted by atomic mass is 10.0. The highest BCUT2D eigenvalue weighted by molar-refractivity contribution is 6.36. The average molecular weight is 391 g/mol. The highest BCUT2D eigenvalue weighted by Crippen LogP contribution is 2.25. The maximum Gasteiger partial charge on any atom is 0.326 e. The van der Waals surface area contributed by atoms with E-state index < -0.39 is 17.9 Å². The first-order valence-corrected chi connectivity index (χ1v) is 8.71. The predicted molar refractivity (Wildman–Crippen MR) is 102 cm³/mol. The number of carbonyl (C=O) groups excluding carboxylic acids is 1. The molecule has 0 fully saturated rings. The third-order valence-corrected chi connectivity index (χ3v) is 4.84. The van der Waals surface area contributed by atoms with E-state index in [1.54, 1.807) is 24.4 Å². The Morgan fingerprint density at radius 3 is 2.46 bits per heavy atom. The Hall–Kier alpha value is -2.50. The van der Waals surface area contributed by atoms with E-state index in [1.807, 2.05) is 24.3 Å². The number of rotatable bonds is 6. The Bertz CT molecular complexity index is 948. The number of nitrogens with one attached hydrogen (secondary N) is 2. The van der Waals surface area contributed by atoms with E-state index >= 15 is 0 Å². The van der Waals surface area contributed by atoms with Crippen molar-refractivity contribution in [2.75, 3.05) is 0 Å². The zero-order valence-electron chi connectivity index (χ0n) is 13.6. The molecule has 0 aliphatic heterocycles. The average Bonchev–Trinajstić information content (AvgIpc) is 3.01. The Morgan fingerprint density at radius 2 is 1.77 bits per heavy atom. The van der Waals surface area contributed by atoms with Crippen molar-refractivity contribution in [1.82, 2.24) is 10.3 Å². The zero-order chi connectivity index (χ0) is 18.7. The van der Waals surface area contributed by atoms with Gasteiger partial charge in [-0.3, -0.25) is 4.79 Å². The third kappa shape index (κ3) is 4.00. The first-order valence-electron chi connectivity index (χ1n) is 7.95. The molecule has 7 heteroatoms. The second kappa shape index (κ2) is 7.81. The summed E-state index contributed by atoms with van der Waals surface area (Å²) < 4.78 is 0. The Labute approximate surface area is 159 Å². The van der Waals surface area contributed by atoms with Crippen LogP contribution in [0.4, 0.5) is 0 Å². The number of benzene rings is 2. The van der Waals surface area contributed by atoms with Crippen LogP contribution in [0.2, 0.25) is 10.0 Å². The summed E-state index contributed by atoms with van der Waals surface area (Å²) in [5.41, 5.74) is 2.22. The van der Waals surface area contributed by atoms with Crippen LogP contribution in [0.25, 0.3) is 10.9 Å². The Kier molecular flexibility index (Phi) is 5.49. The molecular weight excluding hydrogens is 375 g/mol. The maximum atomic E-state index is 12.3. The van der Waals surface area contributed by atoms with E-state index in [9.17, 15) is 14.7 Å². The molecule has 3 rings (SSSR count). The van der Waals surface area contributed by atoms with Crippen LogP contribution in [0.1, 0.15) is 11.1 Å². The van der Waals surface area contributed by atoms with Gasteiger partial charge in [0, 0.05) is 33.6 Å². The molecule has 1 aromatic heterocycles. The summed E-state index contributed by atoms with van der Waals surface area (Å²) in [5, 5.41) is 13.7. The van der Waals surface area contributed by atoms with Gasteiger partial charge in [0.15, 0.2) is 0 Å². The minimum Gasteiger partial charge on any atom is -0.480 e. The number of hydrogen-bond donors (Lipinski definition) is 3. The van der Waals surface area contributed by atoms with Crippen LogP contribution in [0, 0.1) is 0 Å². The molecule has 0 aliphatic carbocycles. The zero-order valence-corrected chi connectivity index (χ0v) is 15.1. The van der Waals surface area contributed by atoms with Gasteiger partial charge in [0.05, 0.1) is 6.42 Å². The van der Waals surface area contributed by atoms with Crippen molar-refractivity contribution in [2.24, 2.45) is 0 Å². The molecule has 0 radical (unpaired) electrons. The summed E-state index contributed by atoms with van der Waals surface area (Å²) in [6.07, 6.45) is 1.84. The fourth-order valence-corrected chi connectivity index (χ4v) is 3.36. The Morgan fingerprint density at radius 1 is 1.08 bits per heavy atom. The van der Waals surface area contributed by atoms with Gasteiger partial charge >= 0.3 is 5.97 Å². The first kappa shape index (κ1) is 18.3. The van der Waals surface area contributed by atoms with E-state index in [0.29, 0.717) is 15.6 Å². The van der Waals surface area contributed by atoms with Crippen LogP contribution in [-0.2, 0) is 22.4 Å². The molecular formula is C19H16Cl2N2O3. The van der Waals surface area contributed by atoms with Gasteiger partial charge in [-0.2, -0.15) is 0 Å². The van der Waals surface area contributed by atoms with Gasteiger partial charge in [-0.15, -0.1) is 0 Å². The number of halogens is 2. The van der Waals surface area contributed by atoms with Crippen molar-refractivity contribution in [3.8, 4) is 0 Å². The van der Waals surface area contributed by atoms with Crippen LogP contribution in [0.5, 0.6) is 0 Å². The molecule has 3 aromatic rings. The smallest absolute Gasteiger partial charge is 0.326 e. The van der Waals surface area contributed by atoms with E-state index in [2.05, 4.69) is 10.3 Å². The topological polar surface area (TPSA) is 82.2 Å². The molecule has 0 saturated carbocycles. The van der Waals surface area contributed by atoms with Gasteiger partial charge < -0.3 is 15.4 Å². The highest BCUT2D eigenvalue weighted by Gasteiger charge is 2.22. The fraction of sp³-hybridized carbons (Fsp3) is 0.158. The maximum absolute atomic E-state index is 12.3. The molecule has 1 heterocycles. The number of carboxylic acid groups (broad SMARTS) is 1. The molecule has 2 aromatic carbocycles. The lowest BCUT2D eigenvalue weighted by Crippen LogP contribution is -2.43. The normalized spacial score (nSPS) is 12.1. The molecule has 0 aliphatic rings. The van der Waals surface area contributed by atoms with E-state index in [1.165, 1.54) is 0 Å². The van der Waals surface area contributed by atoms with Crippen molar-refractivity contribution >= 4 is 46.0 Å². The molecule has 134 valence electrons. The quantitative estimate of drug-likeness (QED) is 0.597. The Balaban J connectivity index is 1.74. The number of carbonyl (C=O) groups is 2. The lowest BCUT2D eigenvalue weighted by Gasteiger charge is -2.15. The standard InChI is InChI=1S/C19H16Cl2N2O3/c20-14-5-3-6-15(21)13(14)9-18(24)23-17(19(25)26)8-11-10-22-16-7-2-1-4-12(11)16/h1-7,10,17,22H,8-9H2,(H,23,24)(H,25,26). The van der Waals surface area contributed by atoms with Crippen molar-refractivity contribution in [2.45, 2.75) is 18.9 Å². The number of aromatic nitrogens is 1. The monoisotopic (exact) mass is 390 g/mol. The minimum absolute atomic E-state index is 0.0871. The fourth-order valence-electron chi connectivity index (χ4n) is 2.83. The molecule has 0 saturated heterocycles. The molecule has 3 N–H and O–H groups in total. The predicted octanol–water partition coefficient (Wildman–Crippen LogP) is 3.83. The number of fused-ring (bicyclic) bond motifs is 1. The summed E-state index contributed by atoms with van der Waals surface area (Å²) in [4.78, 5) is 27.0. The summed E-state index contributed by atoms with van der Waals surface area (Å²) >= 11 is 12.1. The number of carboxylic acids is 1. The van der Waals surface area contributed by atoms with Crippen LogP contribution in [0.3, 0.4) is 0 Å². The molecule has 1 atom stereocenters. The SMILES string of the molecule is O=C(Cc1c(Cl)cccc1Cl)NC(Cc1c[nH]c2ccccc12)C(=O)O. The number of aliphatic carboxylic acids is 1. The number of amides is 1. The van der Waals surface area contributed by atoms with Gasteiger partial charge in [0.1, 0.15) is 6.04 Å². The summed E-state index contributed by atoms with van der Waals surface area (Å²) in [5.74, 6) is -1.55. The lowest BCUT2D eigenvalue weighted by molar-refractivity contribution is -0.141. The molecule has 0 spiro atoms. The van der Waals surface area contributed by atoms with Crippen molar-refractivity contribution in [3.05, 3.63) is 69.8 Å². The molecule has 26 heavy (non-hydrogen) atoms.